The fourth-order valence-corrected chi connectivity index (χ4v) is 14.1. The summed E-state index contributed by atoms with van der Waals surface area (Å²) in [6, 6.07) is 0. The minimum absolute atomic E-state index is 1.34. The summed E-state index contributed by atoms with van der Waals surface area (Å²) in [6.07, 6.45) is 4.70. The summed E-state index contributed by atoms with van der Waals surface area (Å²) in [5.41, 5.74) is 0. The minimum atomic E-state index is -1.34. The van der Waals surface area contributed by atoms with Crippen LogP contribution in [-0.2, 0) is 0 Å². The molecule has 60 valence electrons. The van der Waals surface area contributed by atoms with Gasteiger partial charge in [-0.3, -0.25) is 0 Å². The monoisotopic (exact) mass is 248 g/mol. The van der Waals surface area contributed by atoms with Crippen molar-refractivity contribution in [2.45, 2.75) is 50.9 Å². The predicted molar refractivity (Wildman–Crippen MR) is 50.2 cm³/mol. The van der Waals surface area contributed by atoms with Crippen LogP contribution in [-0.4, -0.2) is 18.4 Å². The normalized spacial score (nSPS) is 24.6. The van der Waals surface area contributed by atoms with Gasteiger partial charge in [-0.05, 0) is 0 Å². The molecule has 1 aliphatic heterocycles. The van der Waals surface area contributed by atoms with Crippen molar-refractivity contribution in [1.29, 1.82) is 0 Å². The molecule has 1 heterocycles. The van der Waals surface area contributed by atoms with Crippen LogP contribution in [0.15, 0.2) is 0 Å². The van der Waals surface area contributed by atoms with Gasteiger partial charge in [-0.1, -0.05) is 0 Å². The first-order valence-electron chi connectivity index (χ1n) is 4.83. The van der Waals surface area contributed by atoms with Crippen molar-refractivity contribution in [3.05, 3.63) is 0 Å². The van der Waals surface area contributed by atoms with Crippen LogP contribution >= 0.6 is 0 Å². The van der Waals surface area contributed by atoms with Gasteiger partial charge >= 0.3 is 69.2 Å². The second kappa shape index (κ2) is 3.98. The second-order valence-electron chi connectivity index (χ2n) is 3.77. The summed E-state index contributed by atoms with van der Waals surface area (Å²) in [5, 5.41) is 0. The Labute approximate surface area is 69.3 Å². The first-order valence-corrected chi connectivity index (χ1v) is 12.9. The third kappa shape index (κ3) is 1.90. The van der Waals surface area contributed by atoms with Crippen molar-refractivity contribution in [2.24, 2.45) is 0 Å². The SMILES string of the molecule is C[CH2][Sn]1([CH2]C)[CH2]CCC[CH2]1. The fourth-order valence-electron chi connectivity index (χ4n) is 2.26. The van der Waals surface area contributed by atoms with E-state index in [-0.39, 0.29) is 0 Å². The van der Waals surface area contributed by atoms with Crippen molar-refractivity contribution in [2.75, 3.05) is 0 Å². The van der Waals surface area contributed by atoms with Gasteiger partial charge in [-0.2, -0.15) is 0 Å². The van der Waals surface area contributed by atoms with E-state index in [1.807, 2.05) is 0 Å². The van der Waals surface area contributed by atoms with E-state index in [9.17, 15) is 0 Å². The van der Waals surface area contributed by atoms with Gasteiger partial charge in [0.15, 0.2) is 0 Å². The van der Waals surface area contributed by atoms with E-state index >= 15 is 0 Å². The molecule has 0 atom stereocenters. The van der Waals surface area contributed by atoms with Crippen LogP contribution in [0, 0.1) is 0 Å². The third-order valence-corrected chi connectivity index (χ3v) is 20.0. The summed E-state index contributed by atoms with van der Waals surface area (Å²) in [6.45, 7) is 4.90. The standard InChI is InChI=1S/C5H10.2C2H5.Sn/c1-3-5-4-2;2*1-2;/h1-5H2;2*1H2,2H3;. The summed E-state index contributed by atoms with van der Waals surface area (Å²) in [7, 11) is 0. The zero-order valence-corrected chi connectivity index (χ0v) is 10.3. The average Bonchev–Trinajstić information content (AvgIpc) is 2.06. The van der Waals surface area contributed by atoms with E-state index in [0.29, 0.717) is 0 Å². The van der Waals surface area contributed by atoms with E-state index in [1.54, 1.807) is 37.0 Å². The van der Waals surface area contributed by atoms with Crippen LogP contribution in [0.5, 0.6) is 0 Å². The quantitative estimate of drug-likeness (QED) is 0.653. The molecule has 0 aromatic heterocycles. The van der Waals surface area contributed by atoms with Crippen LogP contribution < -0.4 is 0 Å². The molecule has 1 saturated heterocycles. The molecule has 10 heavy (non-hydrogen) atoms. The maximum atomic E-state index is 2.45. The summed E-state index contributed by atoms with van der Waals surface area (Å²) in [4.78, 5) is 0. The summed E-state index contributed by atoms with van der Waals surface area (Å²) >= 11 is -1.34. The van der Waals surface area contributed by atoms with Gasteiger partial charge in [0, 0.05) is 0 Å². The van der Waals surface area contributed by atoms with Crippen LogP contribution in [0.1, 0.15) is 33.1 Å². The molecule has 0 unspecified atom stereocenters. The molecule has 0 aromatic rings. The Balaban J connectivity index is 2.44. The van der Waals surface area contributed by atoms with Crippen molar-refractivity contribution in [3.63, 3.8) is 0 Å². The van der Waals surface area contributed by atoms with Gasteiger partial charge in [0.1, 0.15) is 0 Å². The Kier molecular flexibility index (Phi) is 3.54. The Morgan fingerprint density at radius 3 is 1.70 bits per heavy atom. The molecule has 0 nitrogen and oxygen atoms in total. The Morgan fingerprint density at radius 2 is 1.40 bits per heavy atom. The molecule has 0 aromatic carbocycles. The molecule has 0 spiro atoms. The van der Waals surface area contributed by atoms with Crippen molar-refractivity contribution < 1.29 is 0 Å². The first-order chi connectivity index (χ1) is 4.83. The Bertz CT molecular complexity index is 86.9. The second-order valence-corrected chi connectivity index (χ2v) is 19.2. The molecule has 1 heteroatoms. The zero-order chi connectivity index (χ0) is 7.45. The topological polar surface area (TPSA) is 0 Å². The van der Waals surface area contributed by atoms with Gasteiger partial charge in [0.05, 0.1) is 0 Å². The van der Waals surface area contributed by atoms with E-state index in [4.69, 9.17) is 0 Å². The van der Waals surface area contributed by atoms with Crippen LogP contribution in [0.2, 0.25) is 17.7 Å². The van der Waals surface area contributed by atoms with E-state index in [0.717, 1.165) is 0 Å². The van der Waals surface area contributed by atoms with Crippen molar-refractivity contribution >= 4 is 18.4 Å². The van der Waals surface area contributed by atoms with Crippen molar-refractivity contribution in [1.82, 2.24) is 0 Å². The third-order valence-electron chi connectivity index (χ3n) is 3.41. The molecule has 0 amide bonds. The molecular weight excluding hydrogens is 227 g/mol. The number of hydrogen-bond acceptors (Lipinski definition) is 0. The van der Waals surface area contributed by atoms with Crippen molar-refractivity contribution in [3.8, 4) is 0 Å². The number of hydrogen-bond donors (Lipinski definition) is 0. The molecular formula is C9H20Sn. The van der Waals surface area contributed by atoms with Crippen LogP contribution in [0.4, 0.5) is 0 Å². The molecule has 0 N–H and O–H groups in total. The van der Waals surface area contributed by atoms with Gasteiger partial charge in [-0.25, -0.2) is 0 Å². The Hall–Kier alpha value is 0.799. The van der Waals surface area contributed by atoms with Gasteiger partial charge in [0.2, 0.25) is 0 Å². The van der Waals surface area contributed by atoms with Gasteiger partial charge in [0.25, 0.3) is 0 Å². The van der Waals surface area contributed by atoms with Gasteiger partial charge < -0.3 is 0 Å². The fraction of sp³-hybridized carbons (Fsp3) is 1.00. The predicted octanol–water partition coefficient (Wildman–Crippen LogP) is 3.66. The molecule has 0 radical (unpaired) electrons. The molecule has 0 aliphatic carbocycles. The first kappa shape index (κ1) is 8.89. The molecule has 1 rings (SSSR count). The maximum absolute atomic E-state index is 2.45. The summed E-state index contributed by atoms with van der Waals surface area (Å²) < 4.78 is 6.65. The number of rotatable bonds is 2. The van der Waals surface area contributed by atoms with Crippen LogP contribution in [0.25, 0.3) is 0 Å². The molecule has 1 fully saturated rings. The van der Waals surface area contributed by atoms with E-state index < -0.39 is 18.4 Å². The van der Waals surface area contributed by atoms with Gasteiger partial charge in [-0.15, -0.1) is 0 Å². The molecule has 1 aliphatic rings. The van der Waals surface area contributed by atoms with Crippen LogP contribution in [0.3, 0.4) is 0 Å². The Morgan fingerprint density at radius 1 is 0.900 bits per heavy atom. The molecule has 0 saturated carbocycles. The van der Waals surface area contributed by atoms with E-state index in [1.165, 1.54) is 0 Å². The van der Waals surface area contributed by atoms with E-state index in [2.05, 4.69) is 13.8 Å². The summed E-state index contributed by atoms with van der Waals surface area (Å²) in [5.74, 6) is 0. The molecule has 0 bridgehead atoms. The zero-order valence-electron chi connectivity index (χ0n) is 7.45. The average molecular weight is 247 g/mol.